The highest BCUT2D eigenvalue weighted by Gasteiger charge is 2.44. The third kappa shape index (κ3) is 4.76. The van der Waals surface area contributed by atoms with E-state index in [0.29, 0.717) is 17.1 Å². The number of nitrogens with two attached hydrogens (primary N) is 1. The van der Waals surface area contributed by atoms with Crippen molar-refractivity contribution in [1.29, 1.82) is 0 Å². The minimum absolute atomic E-state index is 0.0469. The van der Waals surface area contributed by atoms with Crippen LogP contribution in [0.4, 0.5) is 10.1 Å². The van der Waals surface area contributed by atoms with Gasteiger partial charge in [0.1, 0.15) is 11.9 Å². The minimum atomic E-state index is -3.97. The molecule has 0 saturated carbocycles. The molecule has 3 amide bonds. The molecule has 3 aromatic carbocycles. The maximum absolute atomic E-state index is 13.5. The first kappa shape index (κ1) is 24.4. The summed E-state index contributed by atoms with van der Waals surface area (Å²) in [6.07, 6.45) is -0.298. The molecule has 10 nitrogen and oxygen atoms in total. The fourth-order valence-electron chi connectivity index (χ4n) is 4.23. The fourth-order valence-corrected chi connectivity index (χ4v) is 4.75. The Labute approximate surface area is 211 Å². The molecule has 12 heteroatoms. The number of hydrogen-bond acceptors (Lipinski definition) is 7. The quantitative estimate of drug-likeness (QED) is 0.487. The molecule has 2 aliphatic rings. The van der Waals surface area contributed by atoms with Gasteiger partial charge in [-0.25, -0.2) is 22.8 Å². The maximum atomic E-state index is 13.5. The number of nitrogens with zero attached hydrogens (tertiary/aromatic N) is 2. The van der Waals surface area contributed by atoms with Crippen molar-refractivity contribution in [1.82, 2.24) is 4.90 Å². The second-order valence-corrected chi connectivity index (χ2v) is 10.0. The van der Waals surface area contributed by atoms with Crippen molar-refractivity contribution in [2.75, 3.05) is 11.7 Å². The molecule has 1 fully saturated rings. The van der Waals surface area contributed by atoms with Crippen LogP contribution in [-0.4, -0.2) is 43.9 Å². The number of hydrogen-bond donors (Lipinski definition) is 1. The van der Waals surface area contributed by atoms with Crippen LogP contribution in [0.1, 0.15) is 22.3 Å². The molecule has 0 radical (unpaired) electrons. The van der Waals surface area contributed by atoms with E-state index in [4.69, 9.17) is 14.6 Å². The summed E-state index contributed by atoms with van der Waals surface area (Å²) < 4.78 is 47.3. The number of rotatable bonds is 6. The molecule has 1 saturated heterocycles. The van der Waals surface area contributed by atoms with Crippen molar-refractivity contribution in [3.8, 4) is 11.5 Å². The Balaban J connectivity index is 1.48. The monoisotopic (exact) mass is 525 g/mol. The summed E-state index contributed by atoms with van der Waals surface area (Å²) >= 11 is 0. The number of benzene rings is 3. The highest BCUT2D eigenvalue weighted by Crippen LogP contribution is 2.34. The summed E-state index contributed by atoms with van der Waals surface area (Å²) in [5, 5.41) is 5.12. The Morgan fingerprint density at radius 2 is 1.68 bits per heavy atom. The van der Waals surface area contributed by atoms with E-state index in [2.05, 4.69) is 0 Å². The number of sulfonamides is 1. The Kier molecular flexibility index (Phi) is 6.13. The van der Waals surface area contributed by atoms with Gasteiger partial charge in [0.2, 0.25) is 22.7 Å². The summed E-state index contributed by atoms with van der Waals surface area (Å²) in [4.78, 5) is 41.9. The van der Waals surface area contributed by atoms with Crippen LogP contribution in [0.15, 0.2) is 71.6 Å². The normalized spacial score (nSPS) is 16.8. The molecule has 0 aromatic heterocycles. The van der Waals surface area contributed by atoms with Crippen LogP contribution in [0.5, 0.6) is 11.5 Å². The predicted molar refractivity (Wildman–Crippen MR) is 128 cm³/mol. The number of anilines is 1. The lowest BCUT2D eigenvalue weighted by molar-refractivity contribution is -0.122. The largest absolute Gasteiger partial charge is 0.454 e. The number of halogens is 1. The Hall–Kier alpha value is -4.29. The van der Waals surface area contributed by atoms with E-state index in [-0.39, 0.29) is 35.9 Å². The van der Waals surface area contributed by atoms with Gasteiger partial charge in [-0.15, -0.1) is 0 Å². The van der Waals surface area contributed by atoms with E-state index in [0.717, 1.165) is 17.0 Å². The Morgan fingerprint density at radius 1 is 1.00 bits per heavy atom. The molecule has 0 spiro atoms. The second kappa shape index (κ2) is 9.30. The number of carbonyl (C=O) groups is 3. The number of imide groups is 1. The zero-order chi connectivity index (χ0) is 26.3. The van der Waals surface area contributed by atoms with E-state index < -0.39 is 39.6 Å². The average molecular weight is 526 g/mol. The smallest absolute Gasteiger partial charge is 0.257 e. The number of primary sulfonamides is 1. The predicted octanol–water partition coefficient (Wildman–Crippen LogP) is 2.18. The van der Waals surface area contributed by atoms with Gasteiger partial charge < -0.3 is 14.4 Å². The second-order valence-electron chi connectivity index (χ2n) is 8.45. The van der Waals surface area contributed by atoms with Crippen molar-refractivity contribution >= 4 is 33.4 Å². The number of fused-ring (bicyclic) bond motifs is 1. The van der Waals surface area contributed by atoms with E-state index in [1.54, 1.807) is 18.2 Å². The highest BCUT2D eigenvalue weighted by molar-refractivity contribution is 7.89. The molecule has 1 unspecified atom stereocenters. The van der Waals surface area contributed by atoms with E-state index in [1.807, 2.05) is 0 Å². The van der Waals surface area contributed by atoms with Crippen LogP contribution in [0.2, 0.25) is 0 Å². The lowest BCUT2D eigenvalue weighted by Crippen LogP contribution is -2.45. The van der Waals surface area contributed by atoms with Gasteiger partial charge in [0.25, 0.3) is 11.8 Å². The number of amides is 3. The Morgan fingerprint density at radius 3 is 2.35 bits per heavy atom. The number of ether oxygens (including phenoxy) is 2. The standard InChI is InChI=1S/C25H20FN3O7S/c26-17-4-2-16(3-5-17)24(31)28(13-15-1-10-21-22(11-15)36-14-35-21)20-12-23(30)29(25(20)32)18-6-8-19(9-7-18)37(27,33)34/h1-11,20H,12-14H2,(H2,27,33,34). The van der Waals surface area contributed by atoms with Crippen LogP contribution >= 0.6 is 0 Å². The molecular formula is C25H20FN3O7S. The van der Waals surface area contributed by atoms with Gasteiger partial charge in [-0.05, 0) is 66.2 Å². The maximum Gasteiger partial charge on any atom is 0.257 e. The SMILES string of the molecule is NS(=O)(=O)c1ccc(N2C(=O)CC(N(Cc3ccc4c(c3)OCO4)C(=O)c3ccc(F)cc3)C2=O)cc1. The van der Waals surface area contributed by atoms with Crippen molar-refractivity contribution in [2.45, 2.75) is 23.9 Å². The van der Waals surface area contributed by atoms with Crippen LogP contribution in [-0.2, 0) is 26.2 Å². The zero-order valence-corrected chi connectivity index (χ0v) is 20.0. The highest BCUT2D eigenvalue weighted by atomic mass is 32.2. The van der Waals surface area contributed by atoms with Crippen molar-refractivity contribution in [2.24, 2.45) is 5.14 Å². The van der Waals surface area contributed by atoms with Crippen LogP contribution in [0.3, 0.4) is 0 Å². The molecule has 2 N–H and O–H groups in total. The van der Waals surface area contributed by atoms with Gasteiger partial charge >= 0.3 is 0 Å². The lowest BCUT2D eigenvalue weighted by Gasteiger charge is -2.28. The molecular weight excluding hydrogens is 505 g/mol. The van der Waals surface area contributed by atoms with Crippen LogP contribution < -0.4 is 19.5 Å². The van der Waals surface area contributed by atoms with Gasteiger partial charge in [-0.3, -0.25) is 14.4 Å². The third-order valence-corrected chi connectivity index (χ3v) is 6.99. The first-order valence-electron chi connectivity index (χ1n) is 11.1. The summed E-state index contributed by atoms with van der Waals surface area (Å²) in [5.74, 6) is -1.31. The molecule has 0 aliphatic carbocycles. The Bertz CT molecular complexity index is 1510. The van der Waals surface area contributed by atoms with Gasteiger partial charge in [-0.2, -0.15) is 0 Å². The topological polar surface area (TPSA) is 136 Å². The van der Waals surface area contributed by atoms with Crippen molar-refractivity contribution < 1.29 is 36.7 Å². The van der Waals surface area contributed by atoms with Crippen LogP contribution in [0, 0.1) is 5.82 Å². The van der Waals surface area contributed by atoms with Crippen LogP contribution in [0.25, 0.3) is 0 Å². The molecule has 5 rings (SSSR count). The lowest BCUT2D eigenvalue weighted by atomic mass is 10.1. The van der Waals surface area contributed by atoms with Crippen molar-refractivity contribution in [3.05, 3.63) is 83.7 Å². The molecule has 3 aromatic rings. The summed E-state index contributed by atoms with van der Waals surface area (Å²) in [5.41, 5.74) is 0.899. The molecule has 37 heavy (non-hydrogen) atoms. The van der Waals surface area contributed by atoms with E-state index in [9.17, 15) is 27.2 Å². The molecule has 0 bridgehead atoms. The van der Waals surface area contributed by atoms with E-state index >= 15 is 0 Å². The fraction of sp³-hybridized carbons (Fsp3) is 0.160. The summed E-state index contributed by atoms with van der Waals surface area (Å²) in [6, 6.07) is 13.7. The average Bonchev–Trinajstić information content (AvgIpc) is 3.45. The first-order chi connectivity index (χ1) is 17.6. The van der Waals surface area contributed by atoms with E-state index in [1.165, 1.54) is 41.3 Å². The molecule has 1 atom stereocenters. The third-order valence-electron chi connectivity index (χ3n) is 6.06. The number of carbonyl (C=O) groups excluding carboxylic acids is 3. The van der Waals surface area contributed by atoms with Gasteiger partial charge in [0.15, 0.2) is 11.5 Å². The summed E-state index contributed by atoms with van der Waals surface area (Å²) in [6.45, 7) is 0.0144. The van der Waals surface area contributed by atoms with Gasteiger partial charge in [0, 0.05) is 12.1 Å². The molecule has 2 aliphatic heterocycles. The minimum Gasteiger partial charge on any atom is -0.454 e. The molecule has 2 heterocycles. The first-order valence-corrected chi connectivity index (χ1v) is 12.6. The van der Waals surface area contributed by atoms with Gasteiger partial charge in [0.05, 0.1) is 17.0 Å². The molecule has 190 valence electrons. The zero-order valence-electron chi connectivity index (χ0n) is 19.2. The summed E-state index contributed by atoms with van der Waals surface area (Å²) in [7, 11) is -3.97. The van der Waals surface area contributed by atoms with Gasteiger partial charge in [-0.1, -0.05) is 6.07 Å². The van der Waals surface area contributed by atoms with Crippen molar-refractivity contribution in [3.63, 3.8) is 0 Å².